The van der Waals surface area contributed by atoms with Gasteiger partial charge in [0.1, 0.15) is 0 Å². The van der Waals surface area contributed by atoms with Crippen LogP contribution < -0.4 is 5.32 Å². The van der Waals surface area contributed by atoms with Gasteiger partial charge in [0.25, 0.3) is 0 Å². The number of amides is 1. The number of alkyl halides is 1. The predicted octanol–water partition coefficient (Wildman–Crippen LogP) is 1.53. The second-order valence-corrected chi connectivity index (χ2v) is 3.58. The lowest BCUT2D eigenvalue weighted by atomic mass is 9.88. The van der Waals surface area contributed by atoms with Gasteiger partial charge in [-0.2, -0.15) is 0 Å². The van der Waals surface area contributed by atoms with Crippen molar-refractivity contribution >= 4 is 17.5 Å². The van der Waals surface area contributed by atoms with E-state index in [0.717, 1.165) is 19.3 Å². The first-order valence-electron chi connectivity index (χ1n) is 4.11. The van der Waals surface area contributed by atoms with Crippen molar-refractivity contribution < 1.29 is 4.79 Å². The van der Waals surface area contributed by atoms with Crippen molar-refractivity contribution in [2.75, 3.05) is 7.05 Å². The Morgan fingerprint density at radius 3 is 2.64 bits per heavy atom. The van der Waals surface area contributed by atoms with Crippen LogP contribution in [-0.2, 0) is 4.79 Å². The van der Waals surface area contributed by atoms with Crippen molar-refractivity contribution in [1.29, 1.82) is 0 Å². The Kier molecular flexibility index (Phi) is 3.18. The summed E-state index contributed by atoms with van der Waals surface area (Å²) in [6, 6.07) is 0. The normalized spacial score (nSPS) is 31.5. The van der Waals surface area contributed by atoms with Crippen LogP contribution in [0.15, 0.2) is 0 Å². The highest BCUT2D eigenvalue weighted by molar-refractivity contribution is 6.22. The van der Waals surface area contributed by atoms with E-state index in [9.17, 15) is 4.79 Å². The highest BCUT2D eigenvalue weighted by Crippen LogP contribution is 2.28. The molecule has 0 bridgehead atoms. The minimum atomic E-state index is 0.0513. The van der Waals surface area contributed by atoms with Crippen LogP contribution in [0.4, 0.5) is 0 Å². The van der Waals surface area contributed by atoms with E-state index in [1.54, 1.807) is 7.05 Å². The molecule has 0 spiro atoms. The molecule has 3 heteroatoms. The van der Waals surface area contributed by atoms with Crippen molar-refractivity contribution in [3.05, 3.63) is 0 Å². The number of carbonyl (C=O) groups is 1. The largest absolute Gasteiger partial charge is 0.359 e. The van der Waals surface area contributed by atoms with Crippen LogP contribution in [0.2, 0.25) is 0 Å². The maximum absolute atomic E-state index is 11.2. The summed E-state index contributed by atoms with van der Waals surface area (Å²) in [4.78, 5) is 11.2. The zero-order valence-corrected chi connectivity index (χ0v) is 7.53. The molecule has 11 heavy (non-hydrogen) atoms. The summed E-state index contributed by atoms with van der Waals surface area (Å²) in [6.45, 7) is 0. The highest BCUT2D eigenvalue weighted by atomic mass is 35.5. The quantitative estimate of drug-likeness (QED) is 0.602. The van der Waals surface area contributed by atoms with Gasteiger partial charge in [-0.3, -0.25) is 4.79 Å². The van der Waals surface area contributed by atoms with Crippen LogP contribution >= 0.6 is 11.6 Å². The Labute approximate surface area is 72.3 Å². The molecule has 0 heterocycles. The molecule has 1 amide bonds. The molecule has 64 valence electrons. The molecule has 1 N–H and O–H groups in total. The van der Waals surface area contributed by atoms with E-state index < -0.39 is 0 Å². The fourth-order valence-electron chi connectivity index (χ4n) is 1.57. The standard InChI is InChI=1S/C8H14ClNO/c1-10-8(11)6-4-2-3-5-7(6)9/h6-7H,2-5H2,1H3,(H,10,11). The lowest BCUT2D eigenvalue weighted by Crippen LogP contribution is -2.35. The summed E-state index contributed by atoms with van der Waals surface area (Å²) in [6.07, 6.45) is 4.25. The number of rotatable bonds is 1. The Balaban J connectivity index is 2.47. The van der Waals surface area contributed by atoms with Gasteiger partial charge in [-0.1, -0.05) is 12.8 Å². The maximum atomic E-state index is 11.2. The lowest BCUT2D eigenvalue weighted by molar-refractivity contribution is -0.125. The van der Waals surface area contributed by atoms with Gasteiger partial charge in [-0.05, 0) is 12.8 Å². The van der Waals surface area contributed by atoms with Crippen molar-refractivity contribution in [3.63, 3.8) is 0 Å². The Bertz CT molecular complexity index is 149. The molecule has 2 atom stereocenters. The molecule has 1 aliphatic carbocycles. The van der Waals surface area contributed by atoms with E-state index in [1.165, 1.54) is 6.42 Å². The van der Waals surface area contributed by atoms with E-state index >= 15 is 0 Å². The van der Waals surface area contributed by atoms with E-state index in [4.69, 9.17) is 11.6 Å². The van der Waals surface area contributed by atoms with Crippen LogP contribution in [0.3, 0.4) is 0 Å². The summed E-state index contributed by atoms with van der Waals surface area (Å²) in [7, 11) is 1.67. The number of nitrogens with one attached hydrogen (secondary N) is 1. The second-order valence-electron chi connectivity index (χ2n) is 3.02. The molecule has 1 fully saturated rings. The molecule has 1 aliphatic rings. The maximum Gasteiger partial charge on any atom is 0.224 e. The zero-order valence-electron chi connectivity index (χ0n) is 6.77. The summed E-state index contributed by atoms with van der Waals surface area (Å²) < 4.78 is 0. The zero-order chi connectivity index (χ0) is 8.27. The monoisotopic (exact) mass is 175 g/mol. The molecular weight excluding hydrogens is 162 g/mol. The van der Waals surface area contributed by atoms with E-state index in [0.29, 0.717) is 0 Å². The molecule has 0 saturated heterocycles. The Hall–Kier alpha value is -0.240. The average molecular weight is 176 g/mol. The van der Waals surface area contributed by atoms with Gasteiger partial charge in [-0.25, -0.2) is 0 Å². The van der Waals surface area contributed by atoms with Gasteiger partial charge in [-0.15, -0.1) is 11.6 Å². The van der Waals surface area contributed by atoms with Crippen molar-refractivity contribution in [2.24, 2.45) is 5.92 Å². The van der Waals surface area contributed by atoms with Crippen LogP contribution in [0.5, 0.6) is 0 Å². The first kappa shape index (κ1) is 8.85. The number of halogens is 1. The summed E-state index contributed by atoms with van der Waals surface area (Å²) in [5.41, 5.74) is 0. The van der Waals surface area contributed by atoms with Gasteiger partial charge in [0, 0.05) is 12.4 Å². The minimum absolute atomic E-state index is 0.0513. The van der Waals surface area contributed by atoms with Gasteiger partial charge in [0.15, 0.2) is 0 Å². The SMILES string of the molecule is CNC(=O)C1CCCCC1Cl. The molecule has 0 aromatic carbocycles. The summed E-state index contributed by atoms with van der Waals surface area (Å²) >= 11 is 6.00. The van der Waals surface area contributed by atoms with Crippen LogP contribution in [0.1, 0.15) is 25.7 Å². The number of hydrogen-bond donors (Lipinski definition) is 1. The average Bonchev–Trinajstić information content (AvgIpc) is 2.04. The third kappa shape index (κ3) is 2.09. The van der Waals surface area contributed by atoms with E-state index in [2.05, 4.69) is 5.32 Å². The molecule has 1 saturated carbocycles. The third-order valence-corrected chi connectivity index (χ3v) is 2.79. The Morgan fingerprint density at radius 1 is 1.45 bits per heavy atom. The van der Waals surface area contributed by atoms with E-state index in [-0.39, 0.29) is 17.2 Å². The van der Waals surface area contributed by atoms with Crippen molar-refractivity contribution in [1.82, 2.24) is 5.32 Å². The van der Waals surface area contributed by atoms with Gasteiger partial charge >= 0.3 is 0 Å². The fraction of sp³-hybridized carbons (Fsp3) is 0.875. The molecule has 0 aliphatic heterocycles. The first-order valence-corrected chi connectivity index (χ1v) is 4.55. The smallest absolute Gasteiger partial charge is 0.224 e. The fourth-order valence-corrected chi connectivity index (χ4v) is 1.96. The highest BCUT2D eigenvalue weighted by Gasteiger charge is 2.28. The molecule has 1 rings (SSSR count). The van der Waals surface area contributed by atoms with Gasteiger partial charge < -0.3 is 5.32 Å². The Morgan fingerprint density at radius 2 is 2.09 bits per heavy atom. The lowest BCUT2D eigenvalue weighted by Gasteiger charge is -2.25. The topological polar surface area (TPSA) is 29.1 Å². The van der Waals surface area contributed by atoms with Crippen molar-refractivity contribution in [3.8, 4) is 0 Å². The van der Waals surface area contributed by atoms with Crippen LogP contribution in [-0.4, -0.2) is 18.3 Å². The minimum Gasteiger partial charge on any atom is -0.359 e. The number of carbonyl (C=O) groups excluding carboxylic acids is 1. The van der Waals surface area contributed by atoms with E-state index in [1.807, 2.05) is 0 Å². The molecule has 2 nitrogen and oxygen atoms in total. The summed E-state index contributed by atoms with van der Waals surface area (Å²) in [5.74, 6) is 0.153. The first-order chi connectivity index (χ1) is 5.25. The predicted molar refractivity (Wildman–Crippen MR) is 45.7 cm³/mol. The molecule has 0 aromatic rings. The number of hydrogen-bond acceptors (Lipinski definition) is 1. The molecule has 0 radical (unpaired) electrons. The molecule has 0 aromatic heterocycles. The van der Waals surface area contributed by atoms with Crippen LogP contribution in [0.25, 0.3) is 0 Å². The molecule has 2 unspecified atom stereocenters. The third-order valence-electron chi connectivity index (χ3n) is 2.26. The van der Waals surface area contributed by atoms with Crippen LogP contribution in [0, 0.1) is 5.92 Å². The van der Waals surface area contributed by atoms with Gasteiger partial charge in [0.05, 0.1) is 5.92 Å². The molecular formula is C8H14ClNO. The van der Waals surface area contributed by atoms with Crippen molar-refractivity contribution in [2.45, 2.75) is 31.1 Å². The summed E-state index contributed by atoms with van der Waals surface area (Å²) in [5, 5.41) is 2.70. The second kappa shape index (κ2) is 3.96. The van der Waals surface area contributed by atoms with Gasteiger partial charge in [0.2, 0.25) is 5.91 Å².